The summed E-state index contributed by atoms with van der Waals surface area (Å²) in [6.07, 6.45) is 1.64. The van der Waals surface area contributed by atoms with Crippen LogP contribution in [-0.4, -0.2) is 73.2 Å². The maximum atomic E-state index is 12.2. The fourth-order valence-corrected chi connectivity index (χ4v) is 4.54. The molecule has 0 atom stereocenters. The molecule has 3 rings (SSSR count). The van der Waals surface area contributed by atoms with Crippen molar-refractivity contribution in [3.8, 4) is 0 Å². The summed E-state index contributed by atoms with van der Waals surface area (Å²) in [5.41, 5.74) is 9.20. The molecule has 0 bridgehead atoms. The van der Waals surface area contributed by atoms with E-state index in [4.69, 9.17) is 5.73 Å². The number of benzene rings is 1. The van der Waals surface area contributed by atoms with Crippen molar-refractivity contribution in [2.45, 2.75) is 20.0 Å². The number of carbonyl (C=O) groups excluding carboxylic acids is 1. The Morgan fingerprint density at radius 3 is 2.16 bits per heavy atom. The van der Waals surface area contributed by atoms with Gasteiger partial charge in [-0.05, 0) is 30.2 Å². The van der Waals surface area contributed by atoms with Crippen LogP contribution in [0.25, 0.3) is 0 Å². The normalized spacial score (nSPS) is 15.9. The van der Waals surface area contributed by atoms with Crippen molar-refractivity contribution in [1.29, 1.82) is 0 Å². The molecule has 1 saturated heterocycles. The van der Waals surface area contributed by atoms with Crippen LogP contribution in [0.5, 0.6) is 0 Å². The summed E-state index contributed by atoms with van der Waals surface area (Å²) >= 11 is 0. The summed E-state index contributed by atoms with van der Waals surface area (Å²) in [4.78, 5) is 19.9. The summed E-state index contributed by atoms with van der Waals surface area (Å²) in [7, 11) is -0.246. The average Bonchev–Trinajstić information content (AvgIpc) is 2.74. The van der Waals surface area contributed by atoms with Crippen LogP contribution in [0.2, 0.25) is 0 Å². The summed E-state index contributed by atoms with van der Waals surface area (Å²) in [6, 6.07) is 11.2. The van der Waals surface area contributed by atoms with E-state index in [0.717, 1.165) is 23.4 Å². The molecule has 1 aromatic carbocycles. The smallest absolute Gasteiger partial charge is 0.319 e. The van der Waals surface area contributed by atoms with Gasteiger partial charge in [-0.1, -0.05) is 24.3 Å². The van der Waals surface area contributed by atoms with E-state index in [1.54, 1.807) is 20.3 Å². The molecule has 2 heterocycles. The molecule has 2 N–H and O–H groups in total. The lowest BCUT2D eigenvalue weighted by Gasteiger charge is -2.35. The summed E-state index contributed by atoms with van der Waals surface area (Å²) in [5, 5.41) is 0. The molecule has 10 heteroatoms. The number of rotatable bonds is 7. The van der Waals surface area contributed by atoms with E-state index in [1.807, 2.05) is 43.3 Å². The van der Waals surface area contributed by atoms with Gasteiger partial charge in [0.15, 0.2) is 0 Å². The van der Waals surface area contributed by atoms with E-state index >= 15 is 0 Å². The number of aryl methyl sites for hydroxylation is 1. The molecule has 168 valence electrons. The first kappa shape index (κ1) is 23.1. The van der Waals surface area contributed by atoms with Crippen LogP contribution in [0.1, 0.15) is 16.8 Å². The SMILES string of the molecule is Cc1ccc(N(Cc2ccc(CN3CCN(S(=O)(=O)N(C)C)CC3)cc2)C(N)=O)cn1. The molecule has 0 aliphatic carbocycles. The molecular weight excluding hydrogens is 416 g/mol. The number of nitrogens with zero attached hydrogens (tertiary/aromatic N) is 5. The van der Waals surface area contributed by atoms with E-state index in [0.29, 0.717) is 38.4 Å². The van der Waals surface area contributed by atoms with Crippen LogP contribution >= 0.6 is 0 Å². The Labute approximate surface area is 184 Å². The van der Waals surface area contributed by atoms with Gasteiger partial charge >= 0.3 is 6.03 Å². The summed E-state index contributed by atoms with van der Waals surface area (Å²) in [6.45, 7) is 5.33. The number of hydrogen-bond donors (Lipinski definition) is 1. The van der Waals surface area contributed by atoms with Crippen molar-refractivity contribution in [3.05, 3.63) is 59.4 Å². The summed E-state index contributed by atoms with van der Waals surface area (Å²) in [5.74, 6) is 0. The second-order valence-electron chi connectivity index (χ2n) is 7.86. The van der Waals surface area contributed by atoms with Gasteiger partial charge in [0.1, 0.15) is 0 Å². The predicted octanol–water partition coefficient (Wildman–Crippen LogP) is 1.40. The Balaban J connectivity index is 1.58. The van der Waals surface area contributed by atoms with Crippen LogP contribution < -0.4 is 10.6 Å². The molecule has 31 heavy (non-hydrogen) atoms. The topological polar surface area (TPSA) is 103 Å². The third-order valence-corrected chi connectivity index (χ3v) is 7.30. The van der Waals surface area contributed by atoms with Crippen molar-refractivity contribution >= 4 is 21.9 Å². The van der Waals surface area contributed by atoms with Gasteiger partial charge in [0.2, 0.25) is 0 Å². The lowest BCUT2D eigenvalue weighted by atomic mass is 10.1. The zero-order valence-electron chi connectivity index (χ0n) is 18.2. The van der Waals surface area contributed by atoms with Crippen LogP contribution in [0.15, 0.2) is 42.6 Å². The van der Waals surface area contributed by atoms with Gasteiger partial charge in [0, 0.05) is 52.5 Å². The molecule has 1 aliphatic rings. The van der Waals surface area contributed by atoms with Crippen molar-refractivity contribution in [3.63, 3.8) is 0 Å². The quantitative estimate of drug-likeness (QED) is 0.693. The first-order valence-corrected chi connectivity index (χ1v) is 11.5. The van der Waals surface area contributed by atoms with Crippen LogP contribution in [0.4, 0.5) is 10.5 Å². The van der Waals surface area contributed by atoms with Crippen LogP contribution in [-0.2, 0) is 23.3 Å². The molecule has 1 fully saturated rings. The average molecular weight is 447 g/mol. The molecule has 2 amide bonds. The Kier molecular flexibility index (Phi) is 7.26. The minimum Gasteiger partial charge on any atom is -0.351 e. The maximum Gasteiger partial charge on any atom is 0.319 e. The highest BCUT2D eigenvalue weighted by Crippen LogP contribution is 2.18. The number of anilines is 1. The number of amides is 2. The number of carbonyl (C=O) groups is 1. The Hall–Kier alpha value is -2.53. The number of piperazine rings is 1. The van der Waals surface area contributed by atoms with E-state index < -0.39 is 16.2 Å². The highest BCUT2D eigenvalue weighted by atomic mass is 32.2. The summed E-state index contributed by atoms with van der Waals surface area (Å²) < 4.78 is 27.2. The zero-order chi connectivity index (χ0) is 22.6. The molecule has 0 saturated carbocycles. The largest absolute Gasteiger partial charge is 0.351 e. The Morgan fingerprint density at radius 2 is 1.65 bits per heavy atom. The van der Waals surface area contributed by atoms with Crippen molar-refractivity contribution in [2.24, 2.45) is 5.73 Å². The lowest BCUT2D eigenvalue weighted by Crippen LogP contribution is -2.51. The van der Waals surface area contributed by atoms with E-state index in [9.17, 15) is 13.2 Å². The molecule has 2 aromatic rings. The standard InChI is InChI=1S/C21H30N6O3S/c1-17-4-9-20(14-23-17)27(21(22)28)16-19-7-5-18(6-8-19)15-25-10-12-26(13-11-25)31(29,30)24(2)3/h4-9,14H,10-13,15-16H2,1-3H3,(H2,22,28). The molecule has 0 unspecified atom stereocenters. The van der Waals surface area contributed by atoms with Gasteiger partial charge in [-0.25, -0.2) is 4.79 Å². The fourth-order valence-electron chi connectivity index (χ4n) is 3.46. The van der Waals surface area contributed by atoms with E-state index in [2.05, 4.69) is 9.88 Å². The van der Waals surface area contributed by atoms with Crippen LogP contribution in [0, 0.1) is 6.92 Å². The van der Waals surface area contributed by atoms with Gasteiger partial charge in [-0.2, -0.15) is 17.0 Å². The van der Waals surface area contributed by atoms with Crippen LogP contribution in [0.3, 0.4) is 0 Å². The van der Waals surface area contributed by atoms with Gasteiger partial charge in [0.05, 0.1) is 18.4 Å². The monoisotopic (exact) mass is 446 g/mol. The number of aromatic nitrogens is 1. The van der Waals surface area contributed by atoms with E-state index in [-0.39, 0.29) is 0 Å². The van der Waals surface area contributed by atoms with Crippen molar-refractivity contribution in [1.82, 2.24) is 18.5 Å². The second-order valence-corrected chi connectivity index (χ2v) is 10.0. The Morgan fingerprint density at radius 1 is 1.03 bits per heavy atom. The third-order valence-electron chi connectivity index (χ3n) is 5.36. The molecule has 9 nitrogen and oxygen atoms in total. The molecule has 1 aromatic heterocycles. The molecule has 1 aliphatic heterocycles. The minimum atomic E-state index is -3.35. The van der Waals surface area contributed by atoms with Gasteiger partial charge in [-0.3, -0.25) is 14.8 Å². The second kappa shape index (κ2) is 9.73. The van der Waals surface area contributed by atoms with Crippen molar-refractivity contribution < 1.29 is 13.2 Å². The third kappa shape index (κ3) is 5.79. The first-order chi connectivity index (χ1) is 14.7. The van der Waals surface area contributed by atoms with E-state index in [1.165, 1.54) is 13.5 Å². The fraction of sp³-hybridized carbons (Fsp3) is 0.429. The highest BCUT2D eigenvalue weighted by Gasteiger charge is 2.28. The molecule has 0 spiro atoms. The number of urea groups is 1. The number of pyridine rings is 1. The highest BCUT2D eigenvalue weighted by molar-refractivity contribution is 7.86. The van der Waals surface area contributed by atoms with Gasteiger partial charge in [-0.15, -0.1) is 0 Å². The zero-order valence-corrected chi connectivity index (χ0v) is 19.0. The number of hydrogen-bond acceptors (Lipinski definition) is 5. The maximum absolute atomic E-state index is 12.2. The van der Waals surface area contributed by atoms with Crippen molar-refractivity contribution in [2.75, 3.05) is 45.2 Å². The van der Waals surface area contributed by atoms with Gasteiger partial charge < -0.3 is 5.73 Å². The Bertz CT molecular complexity index is 985. The first-order valence-electron chi connectivity index (χ1n) is 10.1. The number of primary amides is 1. The number of nitrogens with two attached hydrogens (primary N) is 1. The molecule has 0 radical (unpaired) electrons. The van der Waals surface area contributed by atoms with Gasteiger partial charge in [0.25, 0.3) is 10.2 Å². The lowest BCUT2D eigenvalue weighted by molar-refractivity contribution is 0.177. The molecular formula is C21H30N6O3S. The predicted molar refractivity (Wildman–Crippen MR) is 121 cm³/mol. The minimum absolute atomic E-state index is 0.363.